The average molecular weight is 433 g/mol. The van der Waals surface area contributed by atoms with Crippen LogP contribution in [0.3, 0.4) is 0 Å². The van der Waals surface area contributed by atoms with Crippen molar-refractivity contribution in [3.63, 3.8) is 0 Å². The molecule has 1 aliphatic rings. The second-order valence-electron chi connectivity index (χ2n) is 6.42. The Balaban J connectivity index is 1.54. The van der Waals surface area contributed by atoms with E-state index in [9.17, 15) is 9.59 Å². The number of fused-ring (bicyclic) bond motifs is 1. The molecular formula is C20H21BrN2O4. The number of rotatable bonds is 5. The Labute approximate surface area is 166 Å². The molecular weight excluding hydrogens is 412 g/mol. The van der Waals surface area contributed by atoms with Crippen LogP contribution in [-0.4, -0.2) is 49.1 Å². The summed E-state index contributed by atoms with van der Waals surface area (Å²) >= 11 is 3.33. The van der Waals surface area contributed by atoms with Gasteiger partial charge in [-0.05, 0) is 43.3 Å². The summed E-state index contributed by atoms with van der Waals surface area (Å²) in [5, 5.41) is 2.73. The van der Waals surface area contributed by atoms with E-state index in [1.807, 2.05) is 24.3 Å². The second-order valence-corrected chi connectivity index (χ2v) is 7.33. The number of likely N-dealkylation sites (N-methyl/N-ethyl adjacent to an activating group) is 1. The van der Waals surface area contributed by atoms with Crippen molar-refractivity contribution in [2.24, 2.45) is 0 Å². The first-order valence-electron chi connectivity index (χ1n) is 8.64. The predicted octanol–water partition coefficient (Wildman–Crippen LogP) is 2.87. The minimum Gasteiger partial charge on any atom is -0.486 e. The van der Waals surface area contributed by atoms with Gasteiger partial charge in [0, 0.05) is 17.1 Å². The molecule has 2 amide bonds. The lowest BCUT2D eigenvalue weighted by molar-refractivity contribution is -0.132. The number of carbonyl (C=O) groups is 2. The van der Waals surface area contributed by atoms with Gasteiger partial charge in [-0.25, -0.2) is 0 Å². The minimum absolute atomic E-state index is 0.192. The van der Waals surface area contributed by atoms with Crippen molar-refractivity contribution >= 4 is 27.7 Å². The summed E-state index contributed by atoms with van der Waals surface area (Å²) < 4.78 is 12.4. The molecule has 0 fully saturated rings. The van der Waals surface area contributed by atoms with E-state index >= 15 is 0 Å². The maximum absolute atomic E-state index is 12.6. The second kappa shape index (κ2) is 8.43. The largest absolute Gasteiger partial charge is 0.486 e. The summed E-state index contributed by atoms with van der Waals surface area (Å²) in [6.45, 7) is 2.41. The third kappa shape index (κ3) is 4.80. The molecule has 0 bridgehead atoms. The van der Waals surface area contributed by atoms with Crippen molar-refractivity contribution in [2.75, 3.05) is 20.2 Å². The first-order chi connectivity index (χ1) is 12.9. The van der Waals surface area contributed by atoms with Gasteiger partial charge >= 0.3 is 0 Å². The molecule has 0 aromatic heterocycles. The Kier molecular flexibility index (Phi) is 6.01. The fraction of sp³-hybridized carbons (Fsp3) is 0.300. The van der Waals surface area contributed by atoms with Gasteiger partial charge in [-0.2, -0.15) is 0 Å². The number of nitrogens with one attached hydrogen (secondary N) is 1. The normalized spacial score (nSPS) is 16.3. The maximum Gasteiger partial charge on any atom is 0.251 e. The first-order valence-corrected chi connectivity index (χ1v) is 9.43. The van der Waals surface area contributed by atoms with Crippen LogP contribution in [-0.2, 0) is 4.79 Å². The number of carbonyl (C=O) groups excluding carboxylic acids is 2. The number of para-hydroxylation sites is 2. The highest BCUT2D eigenvalue weighted by molar-refractivity contribution is 9.10. The van der Waals surface area contributed by atoms with E-state index in [0.29, 0.717) is 30.2 Å². The van der Waals surface area contributed by atoms with Crippen LogP contribution in [0.15, 0.2) is 53.0 Å². The molecule has 7 heteroatoms. The summed E-state index contributed by atoms with van der Waals surface area (Å²) in [4.78, 5) is 26.4. The topological polar surface area (TPSA) is 67.9 Å². The van der Waals surface area contributed by atoms with Crippen LogP contribution in [0.25, 0.3) is 0 Å². The SMILES string of the molecule is CC(NC(=O)c1ccc(Br)cc1)C(=O)N(C)CC1COc2ccccc2O1. The van der Waals surface area contributed by atoms with Crippen LogP contribution in [0, 0.1) is 0 Å². The molecule has 1 aliphatic heterocycles. The van der Waals surface area contributed by atoms with Crippen molar-refractivity contribution in [3.05, 3.63) is 58.6 Å². The third-order valence-corrected chi connectivity index (χ3v) is 4.77. The molecule has 2 aromatic carbocycles. The fourth-order valence-corrected chi connectivity index (χ4v) is 3.09. The summed E-state index contributed by atoms with van der Waals surface area (Å²) in [6, 6.07) is 13.8. The Morgan fingerprint density at radius 1 is 1.19 bits per heavy atom. The zero-order valence-corrected chi connectivity index (χ0v) is 16.7. The van der Waals surface area contributed by atoms with Gasteiger partial charge in [0.2, 0.25) is 5.91 Å². The van der Waals surface area contributed by atoms with E-state index in [0.717, 1.165) is 4.47 Å². The van der Waals surface area contributed by atoms with Crippen LogP contribution in [0.5, 0.6) is 11.5 Å². The molecule has 1 N–H and O–H groups in total. The summed E-state index contributed by atoms with van der Waals surface area (Å²) in [5.74, 6) is 0.898. The van der Waals surface area contributed by atoms with Crippen molar-refractivity contribution in [1.29, 1.82) is 0 Å². The summed E-state index contributed by atoms with van der Waals surface area (Å²) in [7, 11) is 1.69. The highest BCUT2D eigenvalue weighted by atomic mass is 79.9. The number of ether oxygens (including phenoxy) is 2. The van der Waals surface area contributed by atoms with Crippen molar-refractivity contribution in [1.82, 2.24) is 10.2 Å². The molecule has 2 unspecified atom stereocenters. The molecule has 6 nitrogen and oxygen atoms in total. The maximum atomic E-state index is 12.6. The Morgan fingerprint density at radius 3 is 2.56 bits per heavy atom. The van der Waals surface area contributed by atoms with Crippen LogP contribution in [0.4, 0.5) is 0 Å². The average Bonchev–Trinajstić information content (AvgIpc) is 2.67. The number of amides is 2. The molecule has 2 aromatic rings. The molecule has 0 aliphatic carbocycles. The van der Waals surface area contributed by atoms with E-state index in [-0.39, 0.29) is 17.9 Å². The van der Waals surface area contributed by atoms with Gasteiger partial charge in [0.05, 0.1) is 6.54 Å². The molecule has 27 heavy (non-hydrogen) atoms. The standard InChI is InChI=1S/C20H21BrN2O4/c1-13(22-19(24)14-7-9-15(21)10-8-14)20(25)23(2)11-16-12-26-17-5-3-4-6-18(17)27-16/h3-10,13,16H,11-12H2,1-2H3,(H,22,24). The van der Waals surface area contributed by atoms with Crippen LogP contribution < -0.4 is 14.8 Å². The number of benzene rings is 2. The zero-order valence-electron chi connectivity index (χ0n) is 15.1. The van der Waals surface area contributed by atoms with Crippen molar-refractivity contribution in [2.45, 2.75) is 19.1 Å². The molecule has 2 atom stereocenters. The molecule has 1 heterocycles. The van der Waals surface area contributed by atoms with E-state index < -0.39 is 6.04 Å². The number of halogens is 1. The Bertz CT molecular complexity index is 825. The first kappa shape index (κ1) is 19.2. The van der Waals surface area contributed by atoms with Crippen molar-refractivity contribution < 1.29 is 19.1 Å². The van der Waals surface area contributed by atoms with Gasteiger partial charge in [-0.3, -0.25) is 9.59 Å². The molecule has 0 saturated heterocycles. The predicted molar refractivity (Wildman–Crippen MR) is 105 cm³/mol. The fourth-order valence-electron chi connectivity index (χ4n) is 2.82. The van der Waals surface area contributed by atoms with Crippen LogP contribution >= 0.6 is 15.9 Å². The number of nitrogens with zero attached hydrogens (tertiary/aromatic N) is 1. The smallest absolute Gasteiger partial charge is 0.251 e. The lowest BCUT2D eigenvalue weighted by Gasteiger charge is -2.30. The molecule has 0 saturated carbocycles. The molecule has 0 spiro atoms. The lowest BCUT2D eigenvalue weighted by atomic mass is 10.2. The van der Waals surface area contributed by atoms with E-state index in [2.05, 4.69) is 21.2 Å². The highest BCUT2D eigenvalue weighted by Crippen LogP contribution is 2.30. The van der Waals surface area contributed by atoms with Gasteiger partial charge in [-0.15, -0.1) is 0 Å². The van der Waals surface area contributed by atoms with Gasteiger partial charge in [-0.1, -0.05) is 28.1 Å². The summed E-state index contributed by atoms with van der Waals surface area (Å²) in [6.07, 6.45) is -0.261. The van der Waals surface area contributed by atoms with Gasteiger partial charge < -0.3 is 19.7 Å². The van der Waals surface area contributed by atoms with Crippen LogP contribution in [0.2, 0.25) is 0 Å². The Morgan fingerprint density at radius 2 is 1.85 bits per heavy atom. The lowest BCUT2D eigenvalue weighted by Crippen LogP contribution is -2.49. The quantitative estimate of drug-likeness (QED) is 0.788. The third-order valence-electron chi connectivity index (χ3n) is 4.25. The van der Waals surface area contributed by atoms with Gasteiger partial charge in [0.15, 0.2) is 17.6 Å². The van der Waals surface area contributed by atoms with Gasteiger partial charge in [0.25, 0.3) is 5.91 Å². The van der Waals surface area contributed by atoms with Gasteiger partial charge in [0.1, 0.15) is 12.6 Å². The molecule has 0 radical (unpaired) electrons. The van der Waals surface area contributed by atoms with E-state index in [1.54, 1.807) is 43.1 Å². The monoisotopic (exact) mass is 432 g/mol. The Hall–Kier alpha value is -2.54. The minimum atomic E-state index is -0.650. The zero-order chi connectivity index (χ0) is 19.4. The molecule has 3 rings (SSSR count). The molecule has 142 valence electrons. The summed E-state index contributed by atoms with van der Waals surface area (Å²) in [5.41, 5.74) is 0.501. The highest BCUT2D eigenvalue weighted by Gasteiger charge is 2.26. The van der Waals surface area contributed by atoms with Crippen molar-refractivity contribution in [3.8, 4) is 11.5 Å². The van der Waals surface area contributed by atoms with Crippen LogP contribution in [0.1, 0.15) is 17.3 Å². The number of hydrogen-bond donors (Lipinski definition) is 1. The number of hydrogen-bond acceptors (Lipinski definition) is 4. The van der Waals surface area contributed by atoms with E-state index in [4.69, 9.17) is 9.47 Å². The van der Waals surface area contributed by atoms with E-state index in [1.165, 1.54) is 0 Å².